The van der Waals surface area contributed by atoms with E-state index in [0.717, 1.165) is 15.6 Å². The topological polar surface area (TPSA) is 38.8 Å². The molecule has 146 valence electrons. The van der Waals surface area contributed by atoms with Gasteiger partial charge in [0.2, 0.25) is 0 Å². The molecule has 7 heteroatoms. The van der Waals surface area contributed by atoms with Crippen LogP contribution in [0.4, 0.5) is 0 Å². The molecule has 2 aromatic carbocycles. The van der Waals surface area contributed by atoms with Crippen molar-refractivity contribution in [2.24, 2.45) is 0 Å². The number of carbonyl (C=O) groups is 1. The van der Waals surface area contributed by atoms with Gasteiger partial charge in [0.1, 0.15) is 10.9 Å². The van der Waals surface area contributed by atoms with E-state index in [1.165, 1.54) is 22.2 Å². The van der Waals surface area contributed by atoms with Crippen molar-refractivity contribution < 1.29 is 14.3 Å². The SMILES string of the molecule is CCOc1cc(/C=C2\SC(=S)N(C)C2=O)cc(Br)c1OCc1ccccc1C. The zero-order chi connectivity index (χ0) is 20.3. The van der Waals surface area contributed by atoms with E-state index in [-0.39, 0.29) is 5.91 Å². The Morgan fingerprint density at radius 3 is 2.64 bits per heavy atom. The van der Waals surface area contributed by atoms with Crippen LogP contribution in [0.1, 0.15) is 23.6 Å². The Kier molecular flexibility index (Phi) is 6.80. The minimum absolute atomic E-state index is 0.0936. The van der Waals surface area contributed by atoms with Crippen molar-refractivity contribution in [2.45, 2.75) is 20.5 Å². The van der Waals surface area contributed by atoms with E-state index >= 15 is 0 Å². The molecule has 2 aromatic rings. The highest BCUT2D eigenvalue weighted by molar-refractivity contribution is 9.10. The fraction of sp³-hybridized carbons (Fsp3) is 0.238. The summed E-state index contributed by atoms with van der Waals surface area (Å²) in [6.45, 7) is 4.94. The summed E-state index contributed by atoms with van der Waals surface area (Å²) in [6.07, 6.45) is 1.82. The standard InChI is InChI=1S/C21H20BrNO3S2/c1-4-25-17-10-14(11-18-20(24)23(3)21(27)28-18)9-16(22)19(17)26-12-15-8-6-5-7-13(15)2/h5-11H,4,12H2,1-3H3/b18-11-. The summed E-state index contributed by atoms with van der Waals surface area (Å²) in [5, 5.41) is 0. The molecule has 28 heavy (non-hydrogen) atoms. The first kappa shape index (κ1) is 20.9. The number of rotatable bonds is 6. The number of thioether (sulfide) groups is 1. The quantitative estimate of drug-likeness (QED) is 0.401. The van der Waals surface area contributed by atoms with Gasteiger partial charge in [-0.25, -0.2) is 0 Å². The van der Waals surface area contributed by atoms with Gasteiger partial charge in [0, 0.05) is 7.05 Å². The van der Waals surface area contributed by atoms with Crippen LogP contribution >= 0.6 is 39.9 Å². The van der Waals surface area contributed by atoms with E-state index in [2.05, 4.69) is 28.9 Å². The molecule has 0 aromatic heterocycles. The number of aryl methyl sites for hydroxylation is 1. The summed E-state index contributed by atoms with van der Waals surface area (Å²) in [5.41, 5.74) is 3.13. The third kappa shape index (κ3) is 4.59. The van der Waals surface area contributed by atoms with Crippen LogP contribution in [-0.4, -0.2) is 28.8 Å². The molecule has 1 amide bonds. The molecule has 4 nitrogen and oxygen atoms in total. The molecule has 1 heterocycles. The van der Waals surface area contributed by atoms with Gasteiger partial charge in [0.15, 0.2) is 11.5 Å². The highest BCUT2D eigenvalue weighted by atomic mass is 79.9. The summed E-state index contributed by atoms with van der Waals surface area (Å²) >= 11 is 10.1. The van der Waals surface area contributed by atoms with Crippen LogP contribution in [0.3, 0.4) is 0 Å². The molecule has 0 spiro atoms. The maximum absolute atomic E-state index is 12.3. The second kappa shape index (κ2) is 9.11. The minimum atomic E-state index is -0.0936. The summed E-state index contributed by atoms with van der Waals surface area (Å²) in [4.78, 5) is 14.3. The van der Waals surface area contributed by atoms with Crippen LogP contribution < -0.4 is 9.47 Å². The first-order valence-corrected chi connectivity index (χ1v) is 10.8. The van der Waals surface area contributed by atoms with Gasteiger partial charge >= 0.3 is 0 Å². The van der Waals surface area contributed by atoms with E-state index in [0.29, 0.717) is 33.9 Å². The zero-order valence-electron chi connectivity index (χ0n) is 15.8. The third-order valence-electron chi connectivity index (χ3n) is 4.25. The molecule has 1 aliphatic rings. The lowest BCUT2D eigenvalue weighted by atomic mass is 10.1. The lowest BCUT2D eigenvalue weighted by molar-refractivity contribution is -0.121. The Labute approximate surface area is 183 Å². The van der Waals surface area contributed by atoms with E-state index in [1.807, 2.05) is 43.3 Å². The minimum Gasteiger partial charge on any atom is -0.490 e. The van der Waals surface area contributed by atoms with Crippen molar-refractivity contribution in [3.63, 3.8) is 0 Å². The van der Waals surface area contributed by atoms with Crippen molar-refractivity contribution in [3.8, 4) is 11.5 Å². The van der Waals surface area contributed by atoms with Gasteiger partial charge in [-0.2, -0.15) is 0 Å². The van der Waals surface area contributed by atoms with Gasteiger partial charge in [-0.3, -0.25) is 9.69 Å². The number of halogens is 1. The summed E-state index contributed by atoms with van der Waals surface area (Å²) in [6, 6.07) is 11.9. The lowest BCUT2D eigenvalue weighted by Crippen LogP contribution is -2.22. The van der Waals surface area contributed by atoms with Crippen LogP contribution in [0.15, 0.2) is 45.8 Å². The molecule has 0 aliphatic carbocycles. The van der Waals surface area contributed by atoms with Crippen LogP contribution in [0, 0.1) is 6.92 Å². The largest absolute Gasteiger partial charge is 0.490 e. The Morgan fingerprint density at radius 2 is 2.00 bits per heavy atom. The lowest BCUT2D eigenvalue weighted by Gasteiger charge is -2.15. The highest BCUT2D eigenvalue weighted by Crippen LogP contribution is 2.39. The van der Waals surface area contributed by atoms with E-state index in [1.54, 1.807) is 7.05 Å². The molecular formula is C21H20BrNO3S2. The molecule has 1 fully saturated rings. The first-order valence-electron chi connectivity index (χ1n) is 8.76. The number of amides is 1. The van der Waals surface area contributed by atoms with Crippen LogP contribution in [0.2, 0.25) is 0 Å². The smallest absolute Gasteiger partial charge is 0.265 e. The van der Waals surface area contributed by atoms with Crippen molar-refractivity contribution in [3.05, 3.63) is 62.5 Å². The van der Waals surface area contributed by atoms with E-state index in [4.69, 9.17) is 21.7 Å². The number of likely N-dealkylation sites (N-methyl/N-ethyl adjacent to an activating group) is 1. The number of carbonyl (C=O) groups excluding carboxylic acids is 1. The third-order valence-corrected chi connectivity index (χ3v) is 6.32. The normalized spacial score (nSPS) is 15.4. The van der Waals surface area contributed by atoms with E-state index < -0.39 is 0 Å². The summed E-state index contributed by atoms with van der Waals surface area (Å²) in [7, 11) is 1.68. The highest BCUT2D eigenvalue weighted by Gasteiger charge is 2.28. The fourth-order valence-corrected chi connectivity index (χ4v) is 4.45. The van der Waals surface area contributed by atoms with Gasteiger partial charge in [-0.1, -0.05) is 48.2 Å². The Bertz CT molecular complexity index is 959. The van der Waals surface area contributed by atoms with Crippen molar-refractivity contribution in [2.75, 3.05) is 13.7 Å². The summed E-state index contributed by atoms with van der Waals surface area (Å²) in [5.74, 6) is 1.18. The van der Waals surface area contributed by atoms with Gasteiger partial charge < -0.3 is 9.47 Å². The average molecular weight is 478 g/mol. The molecule has 0 bridgehead atoms. The van der Waals surface area contributed by atoms with Gasteiger partial charge in [0.05, 0.1) is 16.0 Å². The maximum Gasteiger partial charge on any atom is 0.265 e. The number of hydrogen-bond donors (Lipinski definition) is 0. The molecule has 0 radical (unpaired) electrons. The van der Waals surface area contributed by atoms with Gasteiger partial charge in [-0.05, 0) is 64.7 Å². The second-order valence-corrected chi connectivity index (χ2v) is 8.75. The monoisotopic (exact) mass is 477 g/mol. The van der Waals surface area contributed by atoms with E-state index in [9.17, 15) is 4.79 Å². The zero-order valence-corrected chi connectivity index (χ0v) is 19.0. The molecular weight excluding hydrogens is 458 g/mol. The van der Waals surface area contributed by atoms with Crippen molar-refractivity contribution in [1.29, 1.82) is 0 Å². The first-order chi connectivity index (χ1) is 13.4. The summed E-state index contributed by atoms with van der Waals surface area (Å²) < 4.78 is 13.2. The molecule has 0 N–H and O–H groups in total. The van der Waals surface area contributed by atoms with Crippen LogP contribution in [0.25, 0.3) is 6.08 Å². The van der Waals surface area contributed by atoms with Crippen LogP contribution in [0.5, 0.6) is 11.5 Å². The molecule has 0 atom stereocenters. The Morgan fingerprint density at radius 1 is 1.25 bits per heavy atom. The van der Waals surface area contributed by atoms with Gasteiger partial charge in [0.25, 0.3) is 5.91 Å². The molecule has 1 saturated heterocycles. The van der Waals surface area contributed by atoms with Crippen molar-refractivity contribution in [1.82, 2.24) is 4.90 Å². The average Bonchev–Trinajstić information content (AvgIpc) is 2.89. The number of benzene rings is 2. The predicted octanol–water partition coefficient (Wildman–Crippen LogP) is 5.57. The number of ether oxygens (including phenoxy) is 2. The van der Waals surface area contributed by atoms with Crippen molar-refractivity contribution >= 4 is 56.2 Å². The molecule has 3 rings (SSSR count). The van der Waals surface area contributed by atoms with Crippen LogP contribution in [-0.2, 0) is 11.4 Å². The predicted molar refractivity (Wildman–Crippen MR) is 122 cm³/mol. The maximum atomic E-state index is 12.3. The number of hydrogen-bond acceptors (Lipinski definition) is 5. The molecule has 0 saturated carbocycles. The second-order valence-electron chi connectivity index (χ2n) is 6.22. The Balaban J connectivity index is 1.89. The molecule has 1 aliphatic heterocycles. The van der Waals surface area contributed by atoms with Gasteiger partial charge in [-0.15, -0.1) is 0 Å². The number of thiocarbonyl (C=S) groups is 1. The number of nitrogens with zero attached hydrogens (tertiary/aromatic N) is 1. The molecule has 0 unspecified atom stereocenters. The Hall–Kier alpha value is -1.83. The fourth-order valence-electron chi connectivity index (χ4n) is 2.69.